The van der Waals surface area contributed by atoms with E-state index in [1.807, 2.05) is 20.8 Å². The normalized spacial score (nSPS) is 37.4. The van der Waals surface area contributed by atoms with Crippen molar-refractivity contribution < 1.29 is 33.8 Å². The number of hydrogen-bond donors (Lipinski definition) is 3. The fourth-order valence-electron chi connectivity index (χ4n) is 6.04. The molecule has 4 fully saturated rings. The van der Waals surface area contributed by atoms with Gasteiger partial charge in [0.05, 0.1) is 13.2 Å². The van der Waals surface area contributed by atoms with E-state index in [9.17, 15) is 24.3 Å². The zero-order valence-electron chi connectivity index (χ0n) is 21.8. The summed E-state index contributed by atoms with van der Waals surface area (Å²) >= 11 is 0. The minimum absolute atomic E-state index is 0.0247. The van der Waals surface area contributed by atoms with E-state index in [1.54, 1.807) is 6.08 Å². The number of methoxy groups -OCH3 is 1. The summed E-state index contributed by atoms with van der Waals surface area (Å²) in [6, 6.07) is -1.97. The number of nitrogens with one attached hydrogen (secondary N) is 2. The Morgan fingerprint density at radius 2 is 1.86 bits per heavy atom. The van der Waals surface area contributed by atoms with Crippen LogP contribution in [0.5, 0.6) is 0 Å². The fraction of sp³-hybridized carbons (Fsp3) is 0.769. The van der Waals surface area contributed by atoms with Gasteiger partial charge in [-0.15, -0.1) is 6.58 Å². The number of nitrogens with zero attached hydrogens (tertiary/aromatic N) is 1. The topological polar surface area (TPSA) is 134 Å². The quantitative estimate of drug-likeness (QED) is 0.353. The third-order valence-corrected chi connectivity index (χ3v) is 8.49. The second kappa shape index (κ2) is 9.04. The van der Waals surface area contributed by atoms with Gasteiger partial charge < -0.3 is 30.1 Å². The van der Waals surface area contributed by atoms with Gasteiger partial charge in [0.15, 0.2) is 0 Å². The van der Waals surface area contributed by atoms with Crippen LogP contribution >= 0.6 is 0 Å². The van der Waals surface area contributed by atoms with Crippen LogP contribution in [0, 0.1) is 22.7 Å². The molecular formula is C26H39N3O7. The van der Waals surface area contributed by atoms with Crippen LogP contribution in [0.3, 0.4) is 0 Å². The second-order valence-electron chi connectivity index (χ2n) is 12.4. The Kier molecular flexibility index (Phi) is 6.64. The summed E-state index contributed by atoms with van der Waals surface area (Å²) in [5, 5.41) is 15.8. The highest BCUT2D eigenvalue weighted by atomic mass is 16.6. The second-order valence-corrected chi connectivity index (χ2v) is 12.4. The molecular weight excluding hydrogens is 466 g/mol. The number of aliphatic hydroxyl groups is 1. The first-order valence-corrected chi connectivity index (χ1v) is 12.7. The van der Waals surface area contributed by atoms with Crippen molar-refractivity contribution in [3.63, 3.8) is 0 Å². The van der Waals surface area contributed by atoms with Gasteiger partial charge in [-0.25, -0.2) is 9.59 Å². The first kappa shape index (κ1) is 26.4. The highest BCUT2D eigenvalue weighted by Gasteiger charge is 2.62. The Balaban J connectivity index is 1.45. The number of amides is 3. The van der Waals surface area contributed by atoms with Crippen LogP contribution in [0.4, 0.5) is 4.79 Å². The van der Waals surface area contributed by atoms with Crippen LogP contribution in [0.1, 0.15) is 59.8 Å². The number of hydrogen-bond acceptors (Lipinski definition) is 7. The average Bonchev–Trinajstić information content (AvgIpc) is 3.56. The summed E-state index contributed by atoms with van der Waals surface area (Å²) in [5.41, 5.74) is -1.63. The average molecular weight is 506 g/mol. The maximum Gasteiger partial charge on any atom is 0.408 e. The number of alkyl carbamates (subject to hydrolysis) is 1. The molecule has 0 spiro atoms. The van der Waals surface area contributed by atoms with Gasteiger partial charge in [-0.2, -0.15) is 0 Å². The van der Waals surface area contributed by atoms with Crippen LogP contribution in [-0.2, 0) is 23.9 Å². The van der Waals surface area contributed by atoms with Crippen molar-refractivity contribution >= 4 is 23.9 Å². The molecule has 200 valence electrons. The molecule has 4 aliphatic rings. The van der Waals surface area contributed by atoms with E-state index in [2.05, 4.69) is 24.1 Å². The van der Waals surface area contributed by atoms with Crippen LogP contribution in [0.25, 0.3) is 0 Å². The number of rotatable bonds is 7. The van der Waals surface area contributed by atoms with Crippen molar-refractivity contribution in [2.24, 2.45) is 22.7 Å². The molecule has 3 saturated carbocycles. The highest BCUT2D eigenvalue weighted by molar-refractivity contribution is 5.96. The van der Waals surface area contributed by atoms with Gasteiger partial charge in [-0.1, -0.05) is 33.8 Å². The van der Waals surface area contributed by atoms with Crippen LogP contribution < -0.4 is 10.6 Å². The van der Waals surface area contributed by atoms with E-state index >= 15 is 0 Å². The lowest BCUT2D eigenvalue weighted by molar-refractivity contribution is -0.148. The Hall–Kier alpha value is -2.62. The molecule has 1 saturated heterocycles. The Bertz CT molecular complexity index is 962. The molecule has 8 atom stereocenters. The largest absolute Gasteiger partial charge is 0.467 e. The maximum atomic E-state index is 13.7. The lowest BCUT2D eigenvalue weighted by Gasteiger charge is -2.35. The SMILES string of the molecule is C=CC1CC1(NC(=O)C1CC(O)CN1C(=O)C(NC(=O)OC1CC2CC2(C)C1)C(C)(C)C)C(=O)OC. The maximum absolute atomic E-state index is 13.7. The number of likely N-dealkylation sites (tertiary alicyclic amines) is 1. The molecule has 1 heterocycles. The number of carbonyl (C=O) groups excluding carboxylic acids is 4. The Morgan fingerprint density at radius 1 is 1.17 bits per heavy atom. The summed E-state index contributed by atoms with van der Waals surface area (Å²) in [7, 11) is 1.25. The number of esters is 1. The summed E-state index contributed by atoms with van der Waals surface area (Å²) < 4.78 is 10.5. The zero-order valence-corrected chi connectivity index (χ0v) is 21.8. The van der Waals surface area contributed by atoms with E-state index in [1.165, 1.54) is 18.4 Å². The number of aliphatic hydroxyl groups excluding tert-OH is 1. The smallest absolute Gasteiger partial charge is 0.408 e. The minimum Gasteiger partial charge on any atom is -0.467 e. The molecule has 3 aliphatic carbocycles. The van der Waals surface area contributed by atoms with Crippen LogP contribution in [0.15, 0.2) is 12.7 Å². The molecule has 3 amide bonds. The zero-order chi connectivity index (χ0) is 26.6. The molecule has 0 aromatic carbocycles. The fourth-order valence-corrected chi connectivity index (χ4v) is 6.04. The molecule has 0 aromatic heterocycles. The van der Waals surface area contributed by atoms with Crippen molar-refractivity contribution in [1.82, 2.24) is 15.5 Å². The first-order valence-electron chi connectivity index (χ1n) is 12.7. The van der Waals surface area contributed by atoms with Crippen molar-refractivity contribution in [2.75, 3.05) is 13.7 Å². The molecule has 10 heteroatoms. The van der Waals surface area contributed by atoms with E-state index in [4.69, 9.17) is 9.47 Å². The molecule has 10 nitrogen and oxygen atoms in total. The van der Waals surface area contributed by atoms with E-state index in [0.717, 1.165) is 12.8 Å². The van der Waals surface area contributed by atoms with Gasteiger partial charge in [-0.05, 0) is 42.4 Å². The third-order valence-electron chi connectivity index (χ3n) is 8.49. The highest BCUT2D eigenvalue weighted by Crippen LogP contribution is 2.63. The summed E-state index contributed by atoms with van der Waals surface area (Å²) in [6.45, 7) is 11.3. The number of fused-ring (bicyclic) bond motifs is 1. The molecule has 4 rings (SSSR count). The predicted molar refractivity (Wildman–Crippen MR) is 129 cm³/mol. The van der Waals surface area contributed by atoms with Crippen molar-refractivity contribution in [2.45, 2.75) is 89.6 Å². The van der Waals surface area contributed by atoms with Crippen molar-refractivity contribution in [3.05, 3.63) is 12.7 Å². The molecule has 36 heavy (non-hydrogen) atoms. The van der Waals surface area contributed by atoms with Crippen molar-refractivity contribution in [1.29, 1.82) is 0 Å². The molecule has 8 unspecified atom stereocenters. The van der Waals surface area contributed by atoms with Gasteiger partial charge in [0.2, 0.25) is 11.8 Å². The summed E-state index contributed by atoms with van der Waals surface area (Å²) in [4.78, 5) is 53.4. The third kappa shape index (κ3) is 4.84. The summed E-state index contributed by atoms with van der Waals surface area (Å²) in [6.07, 6.45) is 3.07. The van der Waals surface area contributed by atoms with Gasteiger partial charge in [0.1, 0.15) is 23.7 Å². The van der Waals surface area contributed by atoms with Gasteiger partial charge in [-0.3, -0.25) is 9.59 Å². The number of ether oxygens (including phenoxy) is 2. The van der Waals surface area contributed by atoms with Gasteiger partial charge >= 0.3 is 12.1 Å². The minimum atomic E-state index is -1.21. The number of carbonyl (C=O) groups is 4. The molecule has 1 aliphatic heterocycles. The Morgan fingerprint density at radius 3 is 2.39 bits per heavy atom. The molecule has 0 bridgehead atoms. The molecule has 3 N–H and O–H groups in total. The van der Waals surface area contributed by atoms with Crippen LogP contribution in [-0.4, -0.2) is 77.4 Å². The van der Waals surface area contributed by atoms with E-state index in [0.29, 0.717) is 12.3 Å². The van der Waals surface area contributed by atoms with Gasteiger partial charge in [0.25, 0.3) is 0 Å². The van der Waals surface area contributed by atoms with Gasteiger partial charge in [0, 0.05) is 18.9 Å². The summed E-state index contributed by atoms with van der Waals surface area (Å²) in [5.74, 6) is -1.29. The van der Waals surface area contributed by atoms with E-state index in [-0.39, 0.29) is 30.4 Å². The predicted octanol–water partition coefficient (Wildman–Crippen LogP) is 1.51. The monoisotopic (exact) mass is 505 g/mol. The lowest BCUT2D eigenvalue weighted by atomic mass is 9.85. The first-order chi connectivity index (χ1) is 16.7. The standard InChI is InChI=1S/C26H39N3O7/c1-7-14-11-26(14,22(33)35-6)28-20(31)18-9-16(30)13-29(18)21(32)19(24(2,3)4)27-23(34)36-17-8-15-10-25(15,5)12-17/h7,14-19,30H,1,8-13H2,2-6H3,(H,27,34)(H,28,31). The molecule has 0 radical (unpaired) electrons. The molecule has 0 aromatic rings. The number of β-amino-alcohol motifs (C(OH)–C–C–N with tert-alkyl or cyclic N) is 1. The van der Waals surface area contributed by atoms with Crippen molar-refractivity contribution in [3.8, 4) is 0 Å². The van der Waals surface area contributed by atoms with Crippen LogP contribution in [0.2, 0.25) is 0 Å². The van der Waals surface area contributed by atoms with E-state index < -0.39 is 53.0 Å². The lowest BCUT2D eigenvalue weighted by Crippen LogP contribution is -2.59. The Labute approximate surface area is 212 Å².